The number of rotatable bonds is 12. The predicted octanol–water partition coefficient (Wildman–Crippen LogP) is 2.27. The van der Waals surface area contributed by atoms with Crippen LogP contribution in [0, 0.1) is 5.41 Å². The number of allylic oxidation sites excluding steroid dienone is 1. The Morgan fingerprint density at radius 1 is 1.16 bits per heavy atom. The van der Waals surface area contributed by atoms with Gasteiger partial charge in [-0.05, 0) is 48.9 Å². The fourth-order valence-electron chi connectivity index (χ4n) is 2.91. The Hall–Kier alpha value is -3.56. The van der Waals surface area contributed by atoms with Crippen LogP contribution in [0.1, 0.15) is 24.5 Å². The van der Waals surface area contributed by atoms with Gasteiger partial charge < -0.3 is 40.9 Å². The summed E-state index contributed by atoms with van der Waals surface area (Å²) in [4.78, 5) is 11.8. The minimum Gasteiger partial charge on any atom is -0.497 e. The number of carbonyl (C=O) groups is 1. The highest BCUT2D eigenvalue weighted by atomic mass is 16.5. The number of aliphatic hydroxyl groups excluding tert-OH is 2. The Morgan fingerprint density at radius 2 is 1.81 bits per heavy atom. The molecule has 2 rings (SSSR count). The zero-order chi connectivity index (χ0) is 23.7. The molecule has 0 aliphatic carbocycles. The van der Waals surface area contributed by atoms with E-state index in [0.717, 1.165) is 0 Å². The summed E-state index contributed by atoms with van der Waals surface area (Å²) in [5, 5.41) is 30.6. The van der Waals surface area contributed by atoms with E-state index in [1.807, 2.05) is 0 Å². The minimum absolute atomic E-state index is 0.00305. The summed E-state index contributed by atoms with van der Waals surface area (Å²) in [6.45, 7) is 1.33. The number of carbonyl (C=O) groups excluding carboxylic acids is 1. The third-order valence-electron chi connectivity index (χ3n) is 4.53. The van der Waals surface area contributed by atoms with Crippen LogP contribution in [0.25, 0.3) is 5.70 Å². The molecule has 0 bridgehead atoms. The molecule has 9 heteroatoms. The van der Waals surface area contributed by atoms with Gasteiger partial charge in [0.05, 0.1) is 38.3 Å². The summed E-state index contributed by atoms with van der Waals surface area (Å²) in [6, 6.07) is 11.7. The first kappa shape index (κ1) is 24.7. The first-order valence-corrected chi connectivity index (χ1v) is 9.88. The number of anilines is 1. The van der Waals surface area contributed by atoms with Gasteiger partial charge in [0.15, 0.2) is 12.0 Å². The van der Waals surface area contributed by atoms with E-state index in [1.165, 1.54) is 7.11 Å². The average molecular weight is 444 g/mol. The molecule has 0 amide bonds. The highest BCUT2D eigenvalue weighted by Gasteiger charge is 2.21. The van der Waals surface area contributed by atoms with E-state index in [9.17, 15) is 15.0 Å². The Balaban J connectivity index is 2.38. The molecule has 9 nitrogen and oxygen atoms in total. The molecule has 0 radical (unpaired) electrons. The summed E-state index contributed by atoms with van der Waals surface area (Å²) >= 11 is 0. The molecule has 6 N–H and O–H groups in total. The molecule has 0 fully saturated rings. The molecule has 2 unspecified atom stereocenters. The van der Waals surface area contributed by atoms with Crippen LogP contribution < -0.4 is 20.5 Å². The van der Waals surface area contributed by atoms with Crippen molar-refractivity contribution in [2.24, 2.45) is 5.73 Å². The van der Waals surface area contributed by atoms with Crippen LogP contribution in [0.5, 0.6) is 11.5 Å². The van der Waals surface area contributed by atoms with E-state index < -0.39 is 12.3 Å². The van der Waals surface area contributed by atoms with Crippen molar-refractivity contribution in [1.29, 1.82) is 5.41 Å². The smallest absolute Gasteiger partial charge is 0.209 e. The van der Waals surface area contributed by atoms with E-state index in [0.29, 0.717) is 34.6 Å². The van der Waals surface area contributed by atoms with Crippen molar-refractivity contribution in [2.75, 3.05) is 19.5 Å². The van der Waals surface area contributed by atoms with Gasteiger partial charge >= 0.3 is 0 Å². The molecule has 0 spiro atoms. The Labute approximate surface area is 186 Å². The molecule has 2 atom stereocenters. The second-order valence-corrected chi connectivity index (χ2v) is 7.07. The first-order valence-electron chi connectivity index (χ1n) is 9.88. The van der Waals surface area contributed by atoms with Crippen LogP contribution in [0.4, 0.5) is 5.69 Å². The van der Waals surface area contributed by atoms with Crippen molar-refractivity contribution in [3.8, 4) is 11.5 Å². The van der Waals surface area contributed by atoms with Gasteiger partial charge in [-0.3, -0.25) is 4.79 Å². The van der Waals surface area contributed by atoms with Gasteiger partial charge in [0.2, 0.25) is 6.23 Å². The second kappa shape index (κ2) is 11.7. The van der Waals surface area contributed by atoms with Crippen LogP contribution in [0.3, 0.4) is 0 Å². The van der Waals surface area contributed by atoms with Crippen LogP contribution in [-0.2, 0) is 16.1 Å². The molecular formula is C23H29N3O6. The number of aldehydes is 1. The SMILES string of the molecule is COc1ccc(C(N)=C(C=O)OC(Nc2cc(CO)cc(OC)c2)C(=N)CC(C)O)cc1. The number of hydrogen-bond acceptors (Lipinski definition) is 9. The van der Waals surface area contributed by atoms with Crippen molar-refractivity contribution in [2.45, 2.75) is 32.3 Å². The van der Waals surface area contributed by atoms with Crippen LogP contribution in [0.2, 0.25) is 0 Å². The monoisotopic (exact) mass is 443 g/mol. The normalized spacial score (nSPS) is 13.4. The number of aliphatic hydroxyl groups is 2. The maximum atomic E-state index is 11.8. The molecule has 0 saturated heterocycles. The number of methoxy groups -OCH3 is 2. The molecular weight excluding hydrogens is 414 g/mol. The quantitative estimate of drug-likeness (QED) is 0.110. The lowest BCUT2D eigenvalue weighted by atomic mass is 10.1. The first-order chi connectivity index (χ1) is 15.3. The Bertz CT molecular complexity index is 934. The third kappa shape index (κ3) is 6.73. The molecule has 32 heavy (non-hydrogen) atoms. The minimum atomic E-state index is -1.11. The van der Waals surface area contributed by atoms with Gasteiger partial charge in [-0.25, -0.2) is 0 Å². The fourth-order valence-corrected chi connectivity index (χ4v) is 2.91. The second-order valence-electron chi connectivity index (χ2n) is 7.07. The summed E-state index contributed by atoms with van der Waals surface area (Å²) < 4.78 is 16.2. The summed E-state index contributed by atoms with van der Waals surface area (Å²) in [5.74, 6) is 0.947. The highest BCUT2D eigenvalue weighted by molar-refractivity contribution is 5.90. The van der Waals surface area contributed by atoms with Crippen molar-refractivity contribution >= 4 is 23.4 Å². The van der Waals surface area contributed by atoms with Gasteiger partial charge in [-0.2, -0.15) is 0 Å². The van der Waals surface area contributed by atoms with Gasteiger partial charge in [0, 0.05) is 23.7 Å². The Kier molecular flexibility index (Phi) is 9.06. The average Bonchev–Trinajstić information content (AvgIpc) is 2.80. The molecule has 0 aromatic heterocycles. The predicted molar refractivity (Wildman–Crippen MR) is 122 cm³/mol. The Morgan fingerprint density at radius 3 is 2.34 bits per heavy atom. The molecule has 0 aliphatic heterocycles. The van der Waals surface area contributed by atoms with Gasteiger partial charge in [-0.1, -0.05) is 0 Å². The lowest BCUT2D eigenvalue weighted by Crippen LogP contribution is -2.34. The topological polar surface area (TPSA) is 147 Å². The number of nitrogens with one attached hydrogen (secondary N) is 2. The molecule has 172 valence electrons. The van der Waals surface area contributed by atoms with Gasteiger partial charge in [-0.15, -0.1) is 0 Å². The maximum absolute atomic E-state index is 11.8. The van der Waals surface area contributed by atoms with E-state index in [4.69, 9.17) is 25.4 Å². The standard InChI is InChI=1S/C23H29N3O6/c1-14(29)8-20(24)23(26-17-9-15(12-27)10-19(11-17)31-3)32-21(13-28)22(25)16-4-6-18(30-2)7-5-16/h4-7,9-11,13-14,23-24,26-27,29H,8,12,25H2,1-3H3. The van der Waals surface area contributed by atoms with Crippen LogP contribution in [0.15, 0.2) is 48.2 Å². The summed E-state index contributed by atoms with van der Waals surface area (Å²) in [6.07, 6.45) is -1.44. The number of ether oxygens (including phenoxy) is 3. The van der Waals surface area contributed by atoms with E-state index in [1.54, 1.807) is 56.5 Å². The van der Waals surface area contributed by atoms with E-state index >= 15 is 0 Å². The third-order valence-corrected chi connectivity index (χ3v) is 4.53. The number of hydrogen-bond donors (Lipinski definition) is 5. The van der Waals surface area contributed by atoms with E-state index in [2.05, 4.69) is 5.32 Å². The largest absolute Gasteiger partial charge is 0.497 e. The van der Waals surface area contributed by atoms with E-state index in [-0.39, 0.29) is 30.2 Å². The zero-order valence-electron chi connectivity index (χ0n) is 18.3. The van der Waals surface area contributed by atoms with Crippen molar-refractivity contribution in [3.63, 3.8) is 0 Å². The van der Waals surface area contributed by atoms with Crippen LogP contribution in [-0.4, -0.2) is 48.8 Å². The van der Waals surface area contributed by atoms with Crippen LogP contribution >= 0.6 is 0 Å². The van der Waals surface area contributed by atoms with Crippen molar-refractivity contribution < 1.29 is 29.2 Å². The fraction of sp³-hybridized carbons (Fsp3) is 0.304. The maximum Gasteiger partial charge on any atom is 0.209 e. The zero-order valence-corrected chi connectivity index (χ0v) is 18.3. The van der Waals surface area contributed by atoms with Crippen molar-refractivity contribution in [3.05, 3.63) is 59.4 Å². The molecule has 0 aliphatic rings. The lowest BCUT2D eigenvalue weighted by molar-refractivity contribution is -0.108. The summed E-state index contributed by atoms with van der Waals surface area (Å²) in [5.41, 5.74) is 7.84. The molecule has 0 saturated carbocycles. The van der Waals surface area contributed by atoms with Gasteiger partial charge in [0.1, 0.15) is 11.5 Å². The number of nitrogens with two attached hydrogens (primary N) is 1. The molecule has 2 aromatic rings. The lowest BCUT2D eigenvalue weighted by Gasteiger charge is -2.24. The van der Waals surface area contributed by atoms with Gasteiger partial charge in [0.25, 0.3) is 0 Å². The highest BCUT2D eigenvalue weighted by Crippen LogP contribution is 2.24. The summed E-state index contributed by atoms with van der Waals surface area (Å²) in [7, 11) is 3.03. The molecule has 0 heterocycles. The van der Waals surface area contributed by atoms with Crippen molar-refractivity contribution in [1.82, 2.24) is 0 Å². The molecule has 2 aromatic carbocycles. The number of benzene rings is 2.